The van der Waals surface area contributed by atoms with Gasteiger partial charge < -0.3 is 9.64 Å². The SMILES string of the molecule is CC(C)(C)OC(=O)N1CCC(C[S@](=O)c2ccccn2)CC1. The average molecular weight is 324 g/mol. The molecule has 6 heteroatoms. The average Bonchev–Trinajstić information content (AvgIpc) is 2.47. The molecule has 0 unspecified atom stereocenters. The Morgan fingerprint density at radius 1 is 1.36 bits per heavy atom. The summed E-state index contributed by atoms with van der Waals surface area (Å²) in [5.41, 5.74) is -0.464. The van der Waals surface area contributed by atoms with E-state index in [1.807, 2.05) is 32.9 Å². The van der Waals surface area contributed by atoms with Gasteiger partial charge in [0.1, 0.15) is 10.6 Å². The van der Waals surface area contributed by atoms with Crippen LogP contribution in [0.15, 0.2) is 29.4 Å². The molecule has 1 atom stereocenters. The van der Waals surface area contributed by atoms with Gasteiger partial charge in [-0.3, -0.25) is 4.21 Å². The summed E-state index contributed by atoms with van der Waals surface area (Å²) < 4.78 is 17.6. The second kappa shape index (κ2) is 7.22. The Morgan fingerprint density at radius 3 is 2.59 bits per heavy atom. The summed E-state index contributed by atoms with van der Waals surface area (Å²) in [5.74, 6) is 0.973. The first-order valence-corrected chi connectivity index (χ1v) is 8.94. The molecule has 0 radical (unpaired) electrons. The van der Waals surface area contributed by atoms with Crippen molar-refractivity contribution >= 4 is 16.9 Å². The predicted molar refractivity (Wildman–Crippen MR) is 86.0 cm³/mol. The van der Waals surface area contributed by atoms with Crippen LogP contribution in [0.5, 0.6) is 0 Å². The molecule has 122 valence electrons. The molecule has 1 aliphatic heterocycles. The van der Waals surface area contributed by atoms with E-state index in [2.05, 4.69) is 4.98 Å². The largest absolute Gasteiger partial charge is 0.444 e. The molecule has 5 nitrogen and oxygen atoms in total. The van der Waals surface area contributed by atoms with Crippen LogP contribution in [0.1, 0.15) is 33.6 Å². The molecule has 1 amide bonds. The van der Waals surface area contributed by atoms with Gasteiger partial charge in [-0.15, -0.1) is 0 Å². The van der Waals surface area contributed by atoms with Crippen LogP contribution in [-0.4, -0.2) is 44.6 Å². The summed E-state index contributed by atoms with van der Waals surface area (Å²) in [7, 11) is -1.06. The van der Waals surface area contributed by atoms with Crippen molar-refractivity contribution in [3.63, 3.8) is 0 Å². The number of hydrogen-bond acceptors (Lipinski definition) is 4. The number of pyridine rings is 1. The van der Waals surface area contributed by atoms with E-state index < -0.39 is 16.4 Å². The maximum absolute atomic E-state index is 12.3. The molecule has 1 fully saturated rings. The third-order valence-corrected chi connectivity index (χ3v) is 5.01. The summed E-state index contributed by atoms with van der Waals surface area (Å²) in [6.07, 6.45) is 3.13. The van der Waals surface area contributed by atoms with Gasteiger partial charge in [0.2, 0.25) is 0 Å². The van der Waals surface area contributed by atoms with Crippen molar-refractivity contribution in [3.05, 3.63) is 24.4 Å². The van der Waals surface area contributed by atoms with Gasteiger partial charge in [-0.1, -0.05) is 6.07 Å². The van der Waals surface area contributed by atoms with Crippen LogP contribution in [0.25, 0.3) is 0 Å². The first-order valence-electron chi connectivity index (χ1n) is 7.62. The van der Waals surface area contributed by atoms with E-state index in [9.17, 15) is 9.00 Å². The van der Waals surface area contributed by atoms with Crippen LogP contribution in [0.4, 0.5) is 4.79 Å². The van der Waals surface area contributed by atoms with Crippen LogP contribution in [-0.2, 0) is 15.5 Å². The minimum absolute atomic E-state index is 0.253. The number of nitrogens with zero attached hydrogens (tertiary/aromatic N) is 2. The molecule has 22 heavy (non-hydrogen) atoms. The molecule has 0 spiro atoms. The van der Waals surface area contributed by atoms with E-state index in [1.54, 1.807) is 17.2 Å². The highest BCUT2D eigenvalue weighted by Crippen LogP contribution is 2.21. The standard InChI is InChI=1S/C16H24N2O3S/c1-16(2,3)21-15(19)18-10-7-13(8-11-18)12-22(20)14-6-4-5-9-17-14/h4-6,9,13H,7-8,10-12H2,1-3H3/t22-/m0/s1. The molecule has 1 saturated heterocycles. The van der Waals surface area contributed by atoms with Crippen molar-refractivity contribution in [1.82, 2.24) is 9.88 Å². The second-order valence-corrected chi connectivity index (χ2v) is 8.03. The van der Waals surface area contributed by atoms with Crippen molar-refractivity contribution in [1.29, 1.82) is 0 Å². The van der Waals surface area contributed by atoms with Gasteiger partial charge in [0, 0.05) is 25.0 Å². The summed E-state index contributed by atoms with van der Waals surface area (Å²) in [5, 5.41) is 0.636. The molecule has 0 bridgehead atoms. The predicted octanol–water partition coefficient (Wildman–Crippen LogP) is 2.84. The lowest BCUT2D eigenvalue weighted by atomic mass is 9.99. The van der Waals surface area contributed by atoms with E-state index in [1.165, 1.54) is 0 Å². The molecule has 1 aromatic heterocycles. The fraction of sp³-hybridized carbons (Fsp3) is 0.625. The van der Waals surface area contributed by atoms with Crippen LogP contribution in [0.3, 0.4) is 0 Å². The second-order valence-electron chi connectivity index (χ2n) is 6.59. The highest BCUT2D eigenvalue weighted by atomic mass is 32.2. The normalized spacial score (nSPS) is 18.0. The Hall–Kier alpha value is -1.43. The summed E-state index contributed by atoms with van der Waals surface area (Å²) in [6.45, 7) is 6.94. The van der Waals surface area contributed by atoms with E-state index in [0.717, 1.165) is 12.8 Å². The maximum Gasteiger partial charge on any atom is 0.410 e. The Morgan fingerprint density at radius 2 is 2.05 bits per heavy atom. The third-order valence-electron chi connectivity index (χ3n) is 3.52. The highest BCUT2D eigenvalue weighted by molar-refractivity contribution is 7.84. The Balaban J connectivity index is 1.80. The molecular formula is C16H24N2O3S. The van der Waals surface area contributed by atoms with Crippen molar-refractivity contribution < 1.29 is 13.7 Å². The van der Waals surface area contributed by atoms with Crippen LogP contribution in [0, 0.1) is 5.92 Å². The minimum Gasteiger partial charge on any atom is -0.444 e. The smallest absolute Gasteiger partial charge is 0.410 e. The zero-order chi connectivity index (χ0) is 16.2. The van der Waals surface area contributed by atoms with Crippen LogP contribution in [0.2, 0.25) is 0 Å². The van der Waals surface area contributed by atoms with Gasteiger partial charge in [0.15, 0.2) is 0 Å². The quantitative estimate of drug-likeness (QED) is 0.858. The number of aromatic nitrogens is 1. The molecule has 2 rings (SSSR count). The van der Waals surface area contributed by atoms with E-state index in [4.69, 9.17) is 4.74 Å². The lowest BCUT2D eigenvalue weighted by molar-refractivity contribution is 0.0191. The van der Waals surface area contributed by atoms with Crippen molar-refractivity contribution in [2.75, 3.05) is 18.8 Å². The van der Waals surface area contributed by atoms with Crippen LogP contribution >= 0.6 is 0 Å². The molecule has 0 saturated carbocycles. The van der Waals surface area contributed by atoms with Gasteiger partial charge in [-0.2, -0.15) is 0 Å². The Kier molecular flexibility index (Phi) is 5.56. The molecule has 2 heterocycles. The summed E-state index contributed by atoms with van der Waals surface area (Å²) in [4.78, 5) is 17.9. The number of ether oxygens (including phenoxy) is 1. The first kappa shape index (κ1) is 16.9. The first-order chi connectivity index (χ1) is 10.3. The number of rotatable bonds is 3. The molecule has 0 aliphatic carbocycles. The zero-order valence-corrected chi connectivity index (χ0v) is 14.3. The number of hydrogen-bond donors (Lipinski definition) is 0. The van der Waals surface area contributed by atoms with Gasteiger partial charge in [0.25, 0.3) is 0 Å². The molecule has 0 N–H and O–H groups in total. The maximum atomic E-state index is 12.3. The minimum atomic E-state index is -1.06. The van der Waals surface area contributed by atoms with Gasteiger partial charge in [-0.25, -0.2) is 9.78 Å². The Bertz CT molecular complexity index is 520. The fourth-order valence-corrected chi connectivity index (χ4v) is 3.73. The van der Waals surface area contributed by atoms with E-state index >= 15 is 0 Å². The van der Waals surface area contributed by atoms with Crippen molar-refractivity contribution in [2.24, 2.45) is 5.92 Å². The van der Waals surface area contributed by atoms with Crippen molar-refractivity contribution in [3.8, 4) is 0 Å². The van der Waals surface area contributed by atoms with Gasteiger partial charge >= 0.3 is 6.09 Å². The monoisotopic (exact) mass is 324 g/mol. The lowest BCUT2D eigenvalue weighted by Gasteiger charge is -2.33. The van der Waals surface area contributed by atoms with Crippen LogP contribution < -0.4 is 0 Å². The van der Waals surface area contributed by atoms with Gasteiger partial charge in [-0.05, 0) is 51.7 Å². The Labute approximate surface area is 134 Å². The number of piperidine rings is 1. The number of carbonyl (C=O) groups excluding carboxylic acids is 1. The van der Waals surface area contributed by atoms with E-state index in [-0.39, 0.29) is 6.09 Å². The molecular weight excluding hydrogens is 300 g/mol. The number of carbonyl (C=O) groups is 1. The third kappa shape index (κ3) is 5.09. The zero-order valence-electron chi connectivity index (χ0n) is 13.4. The number of amides is 1. The van der Waals surface area contributed by atoms with Gasteiger partial charge in [0.05, 0.1) is 10.8 Å². The number of likely N-dealkylation sites (tertiary alicyclic amines) is 1. The fourth-order valence-electron chi connectivity index (χ4n) is 2.39. The topological polar surface area (TPSA) is 59.5 Å². The highest BCUT2D eigenvalue weighted by Gasteiger charge is 2.27. The molecule has 1 aromatic rings. The van der Waals surface area contributed by atoms with Crippen molar-refractivity contribution in [2.45, 2.75) is 44.2 Å². The molecule has 0 aromatic carbocycles. The summed E-state index contributed by atoms with van der Waals surface area (Å²) >= 11 is 0. The molecule has 1 aliphatic rings. The summed E-state index contributed by atoms with van der Waals surface area (Å²) in [6, 6.07) is 5.47. The van der Waals surface area contributed by atoms with E-state index in [0.29, 0.717) is 29.8 Å². The lowest BCUT2D eigenvalue weighted by Crippen LogP contribution is -2.42.